The van der Waals surface area contributed by atoms with Gasteiger partial charge >= 0.3 is 29.6 Å². The molecule has 0 aromatic carbocycles. The van der Waals surface area contributed by atoms with Crippen LogP contribution in [-0.4, -0.2) is 40.3 Å². The summed E-state index contributed by atoms with van der Waals surface area (Å²) in [4.78, 5) is 4.22. The Labute approximate surface area is 107 Å². The molecule has 0 spiro atoms. The van der Waals surface area contributed by atoms with Crippen LogP contribution in [0.4, 0.5) is 0 Å². The second-order valence-corrected chi connectivity index (χ2v) is 3.50. The van der Waals surface area contributed by atoms with Crippen LogP contribution in [-0.2, 0) is 12.6 Å². The van der Waals surface area contributed by atoms with Crippen molar-refractivity contribution in [3.8, 4) is 0 Å². The molecular weight excluding hydrogens is 199 g/mol. The Morgan fingerprint density at radius 1 is 1.33 bits per heavy atom. The summed E-state index contributed by atoms with van der Waals surface area (Å²) in [7, 11) is 0. The Hall–Kier alpha value is 0.650. The van der Waals surface area contributed by atoms with Crippen LogP contribution in [0.15, 0.2) is 12.8 Å². The molecule has 0 saturated carbocycles. The molecule has 0 aromatic heterocycles. The van der Waals surface area contributed by atoms with Gasteiger partial charge in [0, 0.05) is 26.2 Å². The van der Waals surface area contributed by atoms with E-state index in [0.29, 0.717) is 4.32 Å². The van der Waals surface area contributed by atoms with Gasteiger partial charge in [-0.2, -0.15) is 0 Å². The SMILES string of the molecule is C=CN1CCN(C(=S)[S-])CC1.[Na+]. The number of piperazine rings is 1. The maximum Gasteiger partial charge on any atom is 1.00 e. The smallest absolute Gasteiger partial charge is 0.411 e. The second-order valence-electron chi connectivity index (χ2n) is 2.47. The van der Waals surface area contributed by atoms with Crippen molar-refractivity contribution < 1.29 is 29.6 Å². The fourth-order valence-corrected chi connectivity index (χ4v) is 1.45. The van der Waals surface area contributed by atoms with E-state index in [-0.39, 0.29) is 29.6 Å². The van der Waals surface area contributed by atoms with E-state index >= 15 is 0 Å². The fourth-order valence-electron chi connectivity index (χ4n) is 1.09. The topological polar surface area (TPSA) is 6.48 Å². The summed E-state index contributed by atoms with van der Waals surface area (Å²) in [5.74, 6) is 0. The minimum Gasteiger partial charge on any atom is -0.411 e. The number of nitrogens with zero attached hydrogens (tertiary/aromatic N) is 2. The minimum absolute atomic E-state index is 0. The summed E-state index contributed by atoms with van der Waals surface area (Å²) in [6, 6.07) is 0. The van der Waals surface area contributed by atoms with E-state index in [1.807, 2.05) is 11.1 Å². The Bertz CT molecular complexity index is 167. The van der Waals surface area contributed by atoms with Crippen molar-refractivity contribution >= 4 is 29.2 Å². The largest absolute Gasteiger partial charge is 1.00 e. The molecule has 1 rings (SSSR count). The van der Waals surface area contributed by atoms with Crippen molar-refractivity contribution in [3.63, 3.8) is 0 Å². The van der Waals surface area contributed by atoms with E-state index in [1.54, 1.807) is 0 Å². The van der Waals surface area contributed by atoms with E-state index in [9.17, 15) is 0 Å². The summed E-state index contributed by atoms with van der Waals surface area (Å²) >= 11 is 9.77. The van der Waals surface area contributed by atoms with Gasteiger partial charge in [-0.15, -0.1) is 0 Å². The van der Waals surface area contributed by atoms with E-state index < -0.39 is 0 Å². The van der Waals surface area contributed by atoms with Crippen LogP contribution >= 0.6 is 12.2 Å². The van der Waals surface area contributed by atoms with E-state index in [0.717, 1.165) is 26.2 Å². The van der Waals surface area contributed by atoms with Crippen LogP contribution in [0.3, 0.4) is 0 Å². The first-order valence-electron chi connectivity index (χ1n) is 3.56. The molecule has 5 heteroatoms. The van der Waals surface area contributed by atoms with Crippen molar-refractivity contribution in [2.45, 2.75) is 0 Å². The van der Waals surface area contributed by atoms with Crippen molar-refractivity contribution in [2.24, 2.45) is 0 Å². The third-order valence-electron chi connectivity index (χ3n) is 1.83. The average Bonchev–Trinajstić information content (AvgIpc) is 2.05. The van der Waals surface area contributed by atoms with Crippen LogP contribution in [0.2, 0.25) is 0 Å². The zero-order chi connectivity index (χ0) is 8.27. The summed E-state index contributed by atoms with van der Waals surface area (Å²) in [5.41, 5.74) is 0. The molecule has 0 radical (unpaired) electrons. The predicted molar refractivity (Wildman–Crippen MR) is 53.3 cm³/mol. The van der Waals surface area contributed by atoms with Gasteiger partial charge in [-0.05, 0) is 6.20 Å². The third-order valence-corrected chi connectivity index (χ3v) is 2.35. The first-order valence-corrected chi connectivity index (χ1v) is 4.38. The third kappa shape index (κ3) is 3.58. The van der Waals surface area contributed by atoms with Crippen molar-refractivity contribution in [1.82, 2.24) is 9.80 Å². The van der Waals surface area contributed by atoms with E-state index in [1.165, 1.54) is 0 Å². The summed E-state index contributed by atoms with van der Waals surface area (Å²) < 4.78 is 0.591. The van der Waals surface area contributed by atoms with Gasteiger partial charge in [-0.3, -0.25) is 0 Å². The van der Waals surface area contributed by atoms with Gasteiger partial charge in [-0.1, -0.05) is 10.9 Å². The predicted octanol–water partition coefficient (Wildman–Crippen LogP) is -2.42. The molecule has 1 heterocycles. The summed E-state index contributed by atoms with van der Waals surface area (Å²) in [5, 5.41) is 0. The molecule has 62 valence electrons. The fraction of sp³-hybridized carbons (Fsp3) is 0.571. The standard InChI is InChI=1S/C7H12N2S2.Na/c1-2-8-3-5-9(6-4-8)7(10)11;/h2H,1,3-6H2,(H,10,11);/q;+1/p-1. The van der Waals surface area contributed by atoms with Gasteiger partial charge in [0.25, 0.3) is 0 Å². The molecule has 1 saturated heterocycles. The number of hydrogen-bond acceptors (Lipinski definition) is 3. The molecule has 0 unspecified atom stereocenters. The molecule has 12 heavy (non-hydrogen) atoms. The first kappa shape index (κ1) is 12.7. The van der Waals surface area contributed by atoms with Gasteiger partial charge in [0.1, 0.15) is 0 Å². The summed E-state index contributed by atoms with van der Waals surface area (Å²) in [6.07, 6.45) is 1.86. The van der Waals surface area contributed by atoms with E-state index in [4.69, 9.17) is 24.8 Å². The van der Waals surface area contributed by atoms with Crippen molar-refractivity contribution in [1.29, 1.82) is 0 Å². The number of hydrogen-bond donors (Lipinski definition) is 0. The number of rotatable bonds is 1. The zero-order valence-electron chi connectivity index (χ0n) is 7.32. The Morgan fingerprint density at radius 2 is 1.83 bits per heavy atom. The molecule has 0 atom stereocenters. The van der Waals surface area contributed by atoms with E-state index in [2.05, 4.69) is 11.5 Å². The van der Waals surface area contributed by atoms with Crippen LogP contribution in [0.25, 0.3) is 0 Å². The quantitative estimate of drug-likeness (QED) is 0.270. The molecule has 1 fully saturated rings. The Kier molecular flexibility index (Phi) is 6.49. The average molecular weight is 210 g/mol. The normalized spacial score (nSPS) is 16.7. The Balaban J connectivity index is 0.00000121. The molecule has 0 N–H and O–H groups in total. The molecule has 1 aliphatic rings. The van der Waals surface area contributed by atoms with Crippen molar-refractivity contribution in [3.05, 3.63) is 12.8 Å². The van der Waals surface area contributed by atoms with Gasteiger partial charge in [-0.25, -0.2) is 0 Å². The number of thiocarbonyl (C=S) groups is 1. The molecule has 0 bridgehead atoms. The van der Waals surface area contributed by atoms with Gasteiger partial charge in [0.2, 0.25) is 0 Å². The minimum atomic E-state index is 0. The maximum absolute atomic E-state index is 4.89. The molecule has 0 amide bonds. The Morgan fingerprint density at radius 3 is 2.17 bits per heavy atom. The van der Waals surface area contributed by atoms with Crippen LogP contribution in [0.1, 0.15) is 0 Å². The van der Waals surface area contributed by atoms with Crippen LogP contribution < -0.4 is 29.6 Å². The van der Waals surface area contributed by atoms with Crippen LogP contribution in [0.5, 0.6) is 0 Å². The van der Waals surface area contributed by atoms with Crippen molar-refractivity contribution in [2.75, 3.05) is 26.2 Å². The summed E-state index contributed by atoms with van der Waals surface area (Å²) in [6.45, 7) is 7.55. The molecular formula is C7H11N2NaS2. The molecule has 0 aliphatic carbocycles. The molecule has 1 aliphatic heterocycles. The van der Waals surface area contributed by atoms with Crippen LogP contribution in [0, 0.1) is 0 Å². The van der Waals surface area contributed by atoms with Gasteiger partial charge in [0.15, 0.2) is 0 Å². The zero-order valence-corrected chi connectivity index (χ0v) is 11.0. The monoisotopic (exact) mass is 210 g/mol. The molecule has 0 aromatic rings. The van der Waals surface area contributed by atoms with Gasteiger partial charge < -0.3 is 34.6 Å². The second kappa shape index (κ2) is 6.16. The van der Waals surface area contributed by atoms with Gasteiger partial charge in [0.05, 0.1) is 0 Å². The maximum atomic E-state index is 4.89. The first-order chi connectivity index (χ1) is 5.24. The molecule has 2 nitrogen and oxygen atoms in total.